The van der Waals surface area contributed by atoms with Gasteiger partial charge in [0.05, 0.1) is 12.2 Å². The standard InChI is InChI=1S/C9H15N2.C3H4O2/c1-5-10-6-7-11(8-10)9(2,3)4;1-2-3(4)5/h5-8H,1H2,2-4H3;2H,1H2,(H,4,5)/q+1;/p-1. The maximum atomic E-state index is 9.14. The van der Waals surface area contributed by atoms with Crippen LogP contribution in [0.1, 0.15) is 20.8 Å². The van der Waals surface area contributed by atoms with Gasteiger partial charge in [-0.2, -0.15) is 0 Å². The van der Waals surface area contributed by atoms with Crippen molar-refractivity contribution in [3.63, 3.8) is 0 Å². The van der Waals surface area contributed by atoms with Gasteiger partial charge in [-0.3, -0.25) is 0 Å². The molecule has 0 amide bonds. The minimum absolute atomic E-state index is 0.161. The van der Waals surface area contributed by atoms with Crippen LogP contribution in [0.3, 0.4) is 0 Å². The van der Waals surface area contributed by atoms with Crippen molar-refractivity contribution in [1.82, 2.24) is 4.57 Å². The third-order valence-corrected chi connectivity index (χ3v) is 1.81. The lowest BCUT2D eigenvalue weighted by Crippen LogP contribution is -2.48. The molecule has 0 saturated heterocycles. The number of carboxylic acid groups (broad SMARTS) is 1. The molecule has 0 unspecified atom stereocenters. The van der Waals surface area contributed by atoms with Crippen molar-refractivity contribution in [2.45, 2.75) is 26.3 Å². The topological polar surface area (TPSA) is 48.9 Å². The zero-order chi connectivity index (χ0) is 12.8. The van der Waals surface area contributed by atoms with Gasteiger partial charge < -0.3 is 9.90 Å². The molecule has 4 nitrogen and oxygen atoms in total. The third-order valence-electron chi connectivity index (χ3n) is 1.81. The van der Waals surface area contributed by atoms with E-state index >= 15 is 0 Å². The summed E-state index contributed by atoms with van der Waals surface area (Å²) in [5.74, 6) is -1.23. The summed E-state index contributed by atoms with van der Waals surface area (Å²) in [6.07, 6.45) is 8.55. The van der Waals surface area contributed by atoms with E-state index < -0.39 is 5.97 Å². The number of imidazole rings is 1. The molecule has 0 aliphatic heterocycles. The van der Waals surface area contributed by atoms with Crippen molar-refractivity contribution >= 4 is 12.2 Å². The number of rotatable bonds is 2. The zero-order valence-electron chi connectivity index (χ0n) is 10.0. The highest BCUT2D eigenvalue weighted by Crippen LogP contribution is 2.02. The molecule has 88 valence electrons. The summed E-state index contributed by atoms with van der Waals surface area (Å²) in [6, 6.07) is 0. The largest absolute Gasteiger partial charge is 0.545 e. The second-order valence-corrected chi connectivity index (χ2v) is 4.14. The Morgan fingerprint density at radius 2 is 1.94 bits per heavy atom. The Bertz CT molecular complexity index is 373. The van der Waals surface area contributed by atoms with Crippen LogP contribution in [0.2, 0.25) is 0 Å². The summed E-state index contributed by atoms with van der Waals surface area (Å²) in [5.41, 5.74) is 0.161. The number of aromatic nitrogens is 2. The van der Waals surface area contributed by atoms with Gasteiger partial charge >= 0.3 is 0 Å². The van der Waals surface area contributed by atoms with Crippen LogP contribution in [0.25, 0.3) is 6.20 Å². The van der Waals surface area contributed by atoms with Crippen LogP contribution in [0, 0.1) is 0 Å². The summed E-state index contributed by atoms with van der Waals surface area (Å²) in [5, 5.41) is 9.14. The van der Waals surface area contributed by atoms with Crippen LogP contribution in [-0.4, -0.2) is 10.5 Å². The summed E-state index contributed by atoms with van der Waals surface area (Å²) in [6.45, 7) is 13.1. The molecule has 0 fully saturated rings. The Morgan fingerprint density at radius 3 is 2.12 bits per heavy atom. The molecule has 4 heteroatoms. The molecule has 16 heavy (non-hydrogen) atoms. The van der Waals surface area contributed by atoms with E-state index in [1.165, 1.54) is 0 Å². The molecule has 0 radical (unpaired) electrons. The van der Waals surface area contributed by atoms with E-state index in [-0.39, 0.29) is 5.54 Å². The lowest BCUT2D eigenvalue weighted by atomic mass is 10.1. The van der Waals surface area contributed by atoms with E-state index in [1.807, 2.05) is 23.3 Å². The van der Waals surface area contributed by atoms with Gasteiger partial charge in [-0.25, -0.2) is 9.13 Å². The first-order valence-electron chi connectivity index (χ1n) is 4.86. The van der Waals surface area contributed by atoms with Gasteiger partial charge in [-0.05, 0) is 26.8 Å². The summed E-state index contributed by atoms with van der Waals surface area (Å²) in [4.78, 5) is 9.14. The predicted octanol–water partition coefficient (Wildman–Crippen LogP) is 0.553. The molecule has 0 bridgehead atoms. The van der Waals surface area contributed by atoms with Gasteiger partial charge in [0.2, 0.25) is 6.33 Å². The SMILES string of the molecule is C=CC(=O)[O-].C=Cn1cc[n+](C(C)(C)C)c1. The molecule has 1 aromatic heterocycles. The average Bonchev–Trinajstić information content (AvgIpc) is 2.66. The Balaban J connectivity index is 0.000000385. The third kappa shape index (κ3) is 5.14. The minimum atomic E-state index is -1.23. The number of hydrogen-bond donors (Lipinski definition) is 0. The number of carbonyl (C=O) groups excluding carboxylic acids is 1. The molecule has 0 aromatic carbocycles. The summed E-state index contributed by atoms with van der Waals surface area (Å²) < 4.78 is 4.08. The lowest BCUT2D eigenvalue weighted by molar-refractivity contribution is -0.753. The fourth-order valence-electron chi connectivity index (χ4n) is 0.874. The smallest absolute Gasteiger partial charge is 0.248 e. The number of nitrogens with zero attached hydrogens (tertiary/aromatic N) is 2. The van der Waals surface area contributed by atoms with E-state index in [9.17, 15) is 0 Å². The van der Waals surface area contributed by atoms with Gasteiger partial charge in [0.15, 0.2) is 0 Å². The van der Waals surface area contributed by atoms with Crippen LogP contribution in [0.5, 0.6) is 0 Å². The quantitative estimate of drug-likeness (QED) is 0.542. The van der Waals surface area contributed by atoms with Crippen molar-refractivity contribution in [3.05, 3.63) is 38.0 Å². The van der Waals surface area contributed by atoms with Gasteiger partial charge in [0.25, 0.3) is 0 Å². The summed E-state index contributed by atoms with van der Waals surface area (Å²) in [7, 11) is 0. The van der Waals surface area contributed by atoms with Crippen LogP contribution in [0.15, 0.2) is 38.0 Å². The van der Waals surface area contributed by atoms with Gasteiger partial charge in [-0.1, -0.05) is 13.2 Å². The Morgan fingerprint density at radius 1 is 1.44 bits per heavy atom. The highest BCUT2D eigenvalue weighted by atomic mass is 16.4. The molecule has 1 rings (SSSR count). The predicted molar refractivity (Wildman–Crippen MR) is 61.2 cm³/mol. The second kappa shape index (κ2) is 5.90. The molecular weight excluding hydrogens is 204 g/mol. The molecule has 1 heterocycles. The van der Waals surface area contributed by atoms with E-state index in [0.29, 0.717) is 0 Å². The fourth-order valence-corrected chi connectivity index (χ4v) is 0.874. The maximum Gasteiger partial charge on any atom is 0.248 e. The van der Waals surface area contributed by atoms with Gasteiger partial charge in [0.1, 0.15) is 17.9 Å². The Kier molecular flexibility index (Phi) is 5.22. The monoisotopic (exact) mass is 222 g/mol. The highest BCUT2D eigenvalue weighted by molar-refractivity contribution is 5.76. The first-order valence-corrected chi connectivity index (χ1v) is 4.86. The van der Waals surface area contributed by atoms with Crippen LogP contribution in [0.4, 0.5) is 0 Å². The first-order chi connectivity index (χ1) is 7.31. The summed E-state index contributed by atoms with van der Waals surface area (Å²) >= 11 is 0. The van der Waals surface area contributed by atoms with E-state index in [0.717, 1.165) is 6.08 Å². The fraction of sp³-hybridized carbons (Fsp3) is 0.333. The lowest BCUT2D eigenvalue weighted by Gasteiger charge is -2.13. The van der Waals surface area contributed by atoms with Gasteiger partial charge in [0, 0.05) is 0 Å². The molecule has 0 N–H and O–H groups in total. The van der Waals surface area contributed by atoms with Crippen LogP contribution >= 0.6 is 0 Å². The number of carboxylic acids is 1. The normalized spacial score (nSPS) is 9.94. The molecule has 0 saturated carbocycles. The number of aliphatic carboxylic acids is 1. The van der Waals surface area contributed by atoms with Crippen LogP contribution in [-0.2, 0) is 10.3 Å². The van der Waals surface area contributed by atoms with E-state index in [4.69, 9.17) is 9.90 Å². The highest BCUT2D eigenvalue weighted by Gasteiger charge is 2.17. The van der Waals surface area contributed by atoms with Crippen molar-refractivity contribution < 1.29 is 14.5 Å². The average molecular weight is 222 g/mol. The Hall–Kier alpha value is -1.84. The molecule has 0 atom stereocenters. The number of hydrogen-bond acceptors (Lipinski definition) is 2. The van der Waals surface area contributed by atoms with E-state index in [1.54, 1.807) is 6.20 Å². The molecule has 0 aliphatic carbocycles. The molecule has 1 aromatic rings. The van der Waals surface area contributed by atoms with Gasteiger partial charge in [-0.15, -0.1) is 0 Å². The molecule has 0 aliphatic rings. The van der Waals surface area contributed by atoms with Crippen molar-refractivity contribution in [3.8, 4) is 0 Å². The molecule has 0 spiro atoms. The maximum absolute atomic E-state index is 9.14. The second-order valence-electron chi connectivity index (χ2n) is 4.14. The zero-order valence-corrected chi connectivity index (χ0v) is 10.0. The minimum Gasteiger partial charge on any atom is -0.545 e. The van der Waals surface area contributed by atoms with Crippen molar-refractivity contribution in [2.24, 2.45) is 0 Å². The van der Waals surface area contributed by atoms with Crippen molar-refractivity contribution in [2.75, 3.05) is 0 Å². The first kappa shape index (κ1) is 14.2. The van der Waals surface area contributed by atoms with Crippen molar-refractivity contribution in [1.29, 1.82) is 0 Å². The number of carbonyl (C=O) groups is 1. The Labute approximate surface area is 96.1 Å². The molecular formula is C12H18N2O2. The van der Waals surface area contributed by atoms with E-state index in [2.05, 4.69) is 38.5 Å². The van der Waals surface area contributed by atoms with Crippen LogP contribution < -0.4 is 9.67 Å².